The molecule has 0 amide bonds. The summed E-state index contributed by atoms with van der Waals surface area (Å²) in [5.41, 5.74) is 6.77. The maximum atomic E-state index is 11.1. The molecule has 0 bridgehead atoms. The number of benzene rings is 1. The minimum atomic E-state index is -0.551. The van der Waals surface area contributed by atoms with Crippen LogP contribution in [-0.4, -0.2) is 24.3 Å². The molecule has 0 saturated heterocycles. The molecule has 15 heavy (non-hydrogen) atoms. The molecule has 80 valence electrons. The van der Waals surface area contributed by atoms with Gasteiger partial charge in [0.1, 0.15) is 6.61 Å². The number of nitrogens with two attached hydrogens (primary N) is 1. The van der Waals surface area contributed by atoms with Crippen molar-refractivity contribution in [3.8, 4) is 0 Å². The van der Waals surface area contributed by atoms with Crippen LogP contribution in [0.2, 0.25) is 0 Å². The van der Waals surface area contributed by atoms with E-state index in [-0.39, 0.29) is 13.2 Å². The van der Waals surface area contributed by atoms with Gasteiger partial charge in [0.15, 0.2) is 0 Å². The lowest BCUT2D eigenvalue weighted by molar-refractivity contribution is -0.138. The van der Waals surface area contributed by atoms with E-state index in [9.17, 15) is 4.79 Å². The third kappa shape index (κ3) is 3.83. The van der Waals surface area contributed by atoms with Gasteiger partial charge in [-0.25, -0.2) is 4.79 Å². The molecule has 0 unspecified atom stereocenters. The van der Waals surface area contributed by atoms with Gasteiger partial charge in [-0.15, -0.1) is 0 Å². The van der Waals surface area contributed by atoms with Crippen LogP contribution in [0.25, 0.3) is 5.70 Å². The van der Waals surface area contributed by atoms with E-state index in [0.29, 0.717) is 5.70 Å². The number of ether oxygens (including phenoxy) is 1. The van der Waals surface area contributed by atoms with E-state index >= 15 is 0 Å². The summed E-state index contributed by atoms with van der Waals surface area (Å²) in [6.07, 6.45) is 1.20. The Morgan fingerprint density at radius 2 is 2.07 bits per heavy atom. The van der Waals surface area contributed by atoms with Crippen molar-refractivity contribution in [1.29, 1.82) is 0 Å². The Kier molecular flexibility index (Phi) is 4.37. The SMILES string of the molecule is NC(=CC(=O)OCCO)c1ccccc1. The average Bonchev–Trinajstić information content (AvgIpc) is 2.27. The number of carbonyl (C=O) groups is 1. The monoisotopic (exact) mass is 207 g/mol. The van der Waals surface area contributed by atoms with Gasteiger partial charge < -0.3 is 15.6 Å². The topological polar surface area (TPSA) is 72.6 Å². The standard InChI is InChI=1S/C11H13NO3/c12-10(8-11(14)15-7-6-13)9-4-2-1-3-5-9/h1-5,8,13H,6-7,12H2. The summed E-state index contributed by atoms with van der Waals surface area (Å²) in [4.78, 5) is 11.1. The largest absolute Gasteiger partial charge is 0.460 e. The van der Waals surface area contributed by atoms with Crippen LogP contribution in [0.15, 0.2) is 36.4 Å². The Bertz CT molecular complexity index is 346. The van der Waals surface area contributed by atoms with Crippen LogP contribution in [0.5, 0.6) is 0 Å². The number of esters is 1. The van der Waals surface area contributed by atoms with Crippen molar-refractivity contribution < 1.29 is 14.6 Å². The third-order valence-electron chi connectivity index (χ3n) is 1.72. The van der Waals surface area contributed by atoms with Crippen LogP contribution in [0.3, 0.4) is 0 Å². The van der Waals surface area contributed by atoms with Crippen LogP contribution in [0.4, 0.5) is 0 Å². The molecule has 0 aliphatic rings. The molecule has 3 N–H and O–H groups in total. The molecule has 0 spiro atoms. The number of carbonyl (C=O) groups excluding carboxylic acids is 1. The second-order valence-corrected chi connectivity index (χ2v) is 2.86. The first-order chi connectivity index (χ1) is 7.24. The second-order valence-electron chi connectivity index (χ2n) is 2.86. The molecular weight excluding hydrogens is 194 g/mol. The fourth-order valence-corrected chi connectivity index (χ4v) is 1.03. The molecule has 0 radical (unpaired) electrons. The van der Waals surface area contributed by atoms with Gasteiger partial charge in [0.05, 0.1) is 6.61 Å². The number of hydrogen-bond acceptors (Lipinski definition) is 4. The highest BCUT2D eigenvalue weighted by atomic mass is 16.5. The minimum Gasteiger partial charge on any atom is -0.460 e. The van der Waals surface area contributed by atoms with Gasteiger partial charge in [0, 0.05) is 11.8 Å². The summed E-state index contributed by atoms with van der Waals surface area (Å²) >= 11 is 0. The lowest BCUT2D eigenvalue weighted by Crippen LogP contribution is -2.08. The predicted molar refractivity (Wildman–Crippen MR) is 56.7 cm³/mol. The Hall–Kier alpha value is -1.81. The summed E-state index contributed by atoms with van der Waals surface area (Å²) in [5.74, 6) is -0.551. The van der Waals surface area contributed by atoms with Gasteiger partial charge in [-0.1, -0.05) is 30.3 Å². The Balaban J connectivity index is 2.64. The molecule has 0 atom stereocenters. The van der Waals surface area contributed by atoms with E-state index < -0.39 is 5.97 Å². The number of rotatable bonds is 4. The van der Waals surface area contributed by atoms with Crippen molar-refractivity contribution in [3.05, 3.63) is 42.0 Å². The zero-order valence-corrected chi connectivity index (χ0v) is 8.22. The molecule has 4 heteroatoms. The Morgan fingerprint density at radius 1 is 1.40 bits per heavy atom. The lowest BCUT2D eigenvalue weighted by Gasteiger charge is -2.01. The van der Waals surface area contributed by atoms with Gasteiger partial charge in [0.2, 0.25) is 0 Å². The highest BCUT2D eigenvalue weighted by Gasteiger charge is 2.01. The fraction of sp³-hybridized carbons (Fsp3) is 0.182. The highest BCUT2D eigenvalue weighted by Crippen LogP contribution is 2.07. The highest BCUT2D eigenvalue weighted by molar-refractivity contribution is 5.90. The van der Waals surface area contributed by atoms with Gasteiger partial charge in [-0.05, 0) is 5.56 Å². The summed E-state index contributed by atoms with van der Waals surface area (Å²) in [7, 11) is 0. The summed E-state index contributed by atoms with van der Waals surface area (Å²) in [5, 5.41) is 8.44. The first-order valence-electron chi connectivity index (χ1n) is 4.54. The average molecular weight is 207 g/mol. The maximum Gasteiger partial charge on any atom is 0.332 e. The van der Waals surface area contributed by atoms with Gasteiger partial charge in [-0.2, -0.15) is 0 Å². The smallest absolute Gasteiger partial charge is 0.332 e. The van der Waals surface area contributed by atoms with Crippen molar-refractivity contribution in [3.63, 3.8) is 0 Å². The van der Waals surface area contributed by atoms with Crippen LogP contribution < -0.4 is 5.73 Å². The summed E-state index contributed by atoms with van der Waals surface area (Å²) < 4.78 is 4.64. The molecule has 0 saturated carbocycles. The van der Waals surface area contributed by atoms with E-state index in [4.69, 9.17) is 10.8 Å². The van der Waals surface area contributed by atoms with Crippen molar-refractivity contribution in [2.75, 3.05) is 13.2 Å². The molecule has 1 aromatic carbocycles. The van der Waals surface area contributed by atoms with Crippen molar-refractivity contribution >= 4 is 11.7 Å². The molecule has 0 heterocycles. The molecule has 0 fully saturated rings. The first-order valence-corrected chi connectivity index (χ1v) is 4.54. The van der Waals surface area contributed by atoms with Crippen molar-refractivity contribution in [2.45, 2.75) is 0 Å². The zero-order chi connectivity index (χ0) is 11.1. The molecule has 0 aliphatic carbocycles. The summed E-state index contributed by atoms with van der Waals surface area (Å²) in [6, 6.07) is 9.11. The van der Waals surface area contributed by atoms with Crippen molar-refractivity contribution in [1.82, 2.24) is 0 Å². The fourth-order valence-electron chi connectivity index (χ4n) is 1.03. The Morgan fingerprint density at radius 3 is 2.67 bits per heavy atom. The normalized spacial score (nSPS) is 11.1. The molecule has 0 aliphatic heterocycles. The van der Waals surface area contributed by atoms with Crippen LogP contribution in [0, 0.1) is 0 Å². The number of aliphatic hydroxyl groups is 1. The van der Waals surface area contributed by atoms with Crippen LogP contribution in [0.1, 0.15) is 5.56 Å². The second kappa shape index (κ2) is 5.82. The van der Waals surface area contributed by atoms with E-state index in [1.165, 1.54) is 6.08 Å². The molecule has 0 aromatic heterocycles. The van der Waals surface area contributed by atoms with E-state index in [0.717, 1.165) is 5.56 Å². The quantitative estimate of drug-likeness (QED) is 0.557. The van der Waals surface area contributed by atoms with Crippen molar-refractivity contribution in [2.24, 2.45) is 5.73 Å². The third-order valence-corrected chi connectivity index (χ3v) is 1.72. The molecule has 4 nitrogen and oxygen atoms in total. The van der Waals surface area contributed by atoms with Gasteiger partial charge in [0.25, 0.3) is 0 Å². The molecule has 1 aromatic rings. The van der Waals surface area contributed by atoms with Gasteiger partial charge in [-0.3, -0.25) is 0 Å². The minimum absolute atomic E-state index is 0.0165. The number of aliphatic hydroxyl groups excluding tert-OH is 1. The predicted octanol–water partition coefficient (Wildman–Crippen LogP) is 0.522. The zero-order valence-electron chi connectivity index (χ0n) is 8.22. The van der Waals surface area contributed by atoms with E-state index in [1.54, 1.807) is 12.1 Å². The van der Waals surface area contributed by atoms with Crippen LogP contribution >= 0.6 is 0 Å². The summed E-state index contributed by atoms with van der Waals surface area (Å²) in [6.45, 7) is -0.206. The van der Waals surface area contributed by atoms with E-state index in [2.05, 4.69) is 4.74 Å². The Labute approximate surface area is 88.0 Å². The lowest BCUT2D eigenvalue weighted by atomic mass is 10.1. The van der Waals surface area contributed by atoms with E-state index in [1.807, 2.05) is 18.2 Å². The number of hydrogen-bond donors (Lipinski definition) is 2. The molecule has 1 rings (SSSR count). The van der Waals surface area contributed by atoms with Gasteiger partial charge >= 0.3 is 5.97 Å². The maximum absolute atomic E-state index is 11.1. The first kappa shape index (κ1) is 11.3. The van der Waals surface area contributed by atoms with Crippen LogP contribution in [-0.2, 0) is 9.53 Å². The molecular formula is C11H13NO3.